The molecule has 26 heteroatoms. The van der Waals surface area contributed by atoms with Crippen LogP contribution in [0.3, 0.4) is 0 Å². The minimum Gasteiger partial charge on any atom is -0.507 e. The van der Waals surface area contributed by atoms with Crippen molar-refractivity contribution in [3.05, 3.63) is 90.1 Å². The monoisotopic (exact) mass is 1220 g/mol. The number of anilines is 2. The van der Waals surface area contributed by atoms with Crippen LogP contribution in [-0.4, -0.2) is 128 Å². The molecule has 4 aliphatic heterocycles. The van der Waals surface area contributed by atoms with Gasteiger partial charge < -0.3 is 36.4 Å². The van der Waals surface area contributed by atoms with Crippen LogP contribution in [0.4, 0.5) is 10.3 Å². The largest absolute Gasteiger partial charge is 0.507 e. The maximum atomic E-state index is 10.5. The first-order valence-corrected chi connectivity index (χ1v) is 32.5. The van der Waals surface area contributed by atoms with Gasteiger partial charge in [0, 0.05) is 84.8 Å². The third kappa shape index (κ3) is 11.2. The Balaban J connectivity index is 0.000000111. The number of phenols is 2. The van der Waals surface area contributed by atoms with Crippen LogP contribution in [0.2, 0.25) is 0 Å². The number of fused-ring (bicyclic) bond motifs is 6. The van der Waals surface area contributed by atoms with Crippen molar-refractivity contribution in [1.82, 2.24) is 76.0 Å². The Morgan fingerprint density at radius 3 is 1.80 bits per heavy atom. The third-order valence-corrected chi connectivity index (χ3v) is 22.2. The van der Waals surface area contributed by atoms with Crippen LogP contribution in [0.1, 0.15) is 67.9 Å². The van der Waals surface area contributed by atoms with Crippen molar-refractivity contribution in [3.63, 3.8) is 0 Å². The molecule has 4 fully saturated rings. The van der Waals surface area contributed by atoms with E-state index < -0.39 is 0 Å². The van der Waals surface area contributed by atoms with Crippen molar-refractivity contribution >= 4 is 118 Å². The molecule has 4 saturated heterocycles. The summed E-state index contributed by atoms with van der Waals surface area (Å²) in [5.41, 5.74) is 7.46. The first-order valence-electron chi connectivity index (χ1n) is 27.6. The molecule has 83 heavy (non-hydrogen) atoms. The summed E-state index contributed by atoms with van der Waals surface area (Å²) in [5.74, 6) is 0.990. The minimum absolute atomic E-state index is 0.215. The fourth-order valence-corrected chi connectivity index (χ4v) is 17.9. The van der Waals surface area contributed by atoms with E-state index in [1.807, 2.05) is 43.6 Å². The maximum absolute atomic E-state index is 10.5. The molecule has 4 aliphatic rings. The van der Waals surface area contributed by atoms with Gasteiger partial charge in [-0.05, 0) is 125 Å². The summed E-state index contributed by atoms with van der Waals surface area (Å²) in [5, 5.41) is 69.2. The molecule has 422 valence electrons. The Kier molecular flexibility index (Phi) is 14.9. The number of nitriles is 1. The van der Waals surface area contributed by atoms with E-state index in [0.717, 1.165) is 156 Å². The Bertz CT molecular complexity index is 4180. The van der Waals surface area contributed by atoms with Gasteiger partial charge in [0.25, 0.3) is 0 Å². The van der Waals surface area contributed by atoms with Crippen molar-refractivity contribution < 1.29 is 10.2 Å². The van der Waals surface area contributed by atoms with E-state index in [-0.39, 0.29) is 11.5 Å². The van der Waals surface area contributed by atoms with E-state index in [1.165, 1.54) is 53.4 Å². The van der Waals surface area contributed by atoms with E-state index in [4.69, 9.17) is 29.9 Å². The number of nitrogens with one attached hydrogen (secondary N) is 6. The van der Waals surface area contributed by atoms with Crippen LogP contribution < -0.4 is 26.2 Å². The highest BCUT2D eigenvalue weighted by Gasteiger charge is 2.34. The minimum atomic E-state index is 0.215. The molecule has 0 spiro atoms. The number of nitrogens with zero attached hydrogens (tertiary/aromatic N) is 12. The molecular formula is C57H56N18O2S6. The summed E-state index contributed by atoms with van der Waals surface area (Å²) >= 11 is 9.59. The lowest BCUT2D eigenvalue weighted by molar-refractivity contribution is 0.378. The van der Waals surface area contributed by atoms with E-state index in [2.05, 4.69) is 70.8 Å². The zero-order valence-electron chi connectivity index (χ0n) is 45.1. The molecule has 0 saturated carbocycles. The first-order chi connectivity index (χ1) is 40.6. The van der Waals surface area contributed by atoms with E-state index in [1.54, 1.807) is 86.9 Å². The molecule has 0 radical (unpaired) electrons. The molecule has 2 bridgehead atoms. The second-order valence-electron chi connectivity index (χ2n) is 21.3. The maximum Gasteiger partial charge on any atom is 0.188 e. The number of aryl methyl sites for hydroxylation is 1. The predicted octanol–water partition coefficient (Wildman–Crippen LogP) is 11.6. The summed E-state index contributed by atoms with van der Waals surface area (Å²) in [6.07, 6.45) is 18.5. The van der Waals surface area contributed by atoms with Gasteiger partial charge in [-0.15, -0.1) is 0 Å². The average Bonchev–Trinajstić information content (AvgIpc) is 4.28. The lowest BCUT2D eigenvalue weighted by Crippen LogP contribution is -2.43. The highest BCUT2D eigenvalue weighted by Crippen LogP contribution is 2.43. The fraction of sp³-hybridized carbons (Fsp3) is 0.333. The van der Waals surface area contributed by atoms with Crippen molar-refractivity contribution in [2.75, 3.05) is 43.4 Å². The predicted molar refractivity (Wildman–Crippen MR) is 335 cm³/mol. The van der Waals surface area contributed by atoms with Crippen LogP contribution >= 0.6 is 68.0 Å². The number of hydrogen-bond donors (Lipinski definition) is 8. The van der Waals surface area contributed by atoms with Gasteiger partial charge in [-0.2, -0.15) is 20.6 Å². The van der Waals surface area contributed by atoms with E-state index >= 15 is 0 Å². The molecular weight excluding hydrogens is 1160 g/mol. The lowest BCUT2D eigenvalue weighted by Gasteiger charge is -2.31. The molecule has 2 atom stereocenters. The number of aromatic nitrogens is 12. The molecule has 12 aromatic rings. The van der Waals surface area contributed by atoms with Crippen LogP contribution in [0.15, 0.2) is 79.5 Å². The summed E-state index contributed by atoms with van der Waals surface area (Å²) in [7, 11) is 3.99. The molecule has 16 rings (SSSR count). The summed E-state index contributed by atoms with van der Waals surface area (Å²) in [6.45, 7) is 4.26. The van der Waals surface area contributed by atoms with Gasteiger partial charge in [0.05, 0.1) is 34.1 Å². The fourth-order valence-electron chi connectivity index (χ4n) is 11.5. The number of rotatable bonds is 10. The van der Waals surface area contributed by atoms with Gasteiger partial charge in [0.1, 0.15) is 38.1 Å². The first kappa shape index (κ1) is 53.7. The van der Waals surface area contributed by atoms with E-state index in [9.17, 15) is 15.5 Å². The molecule has 0 aliphatic carbocycles. The topological polar surface area (TPSA) is 268 Å². The number of thiazole rings is 6. The van der Waals surface area contributed by atoms with Crippen LogP contribution in [0, 0.1) is 11.3 Å². The Labute approximate surface area is 499 Å². The number of hydrogen-bond acceptors (Lipinski definition) is 23. The van der Waals surface area contributed by atoms with Crippen molar-refractivity contribution in [1.29, 1.82) is 5.26 Å². The summed E-state index contributed by atoms with van der Waals surface area (Å²) in [4.78, 5) is 36.7. The van der Waals surface area contributed by atoms with Gasteiger partial charge in [-0.25, -0.2) is 29.9 Å². The number of phenolic OH excluding ortho intramolecular Hbond substituents is 2. The highest BCUT2D eigenvalue weighted by atomic mass is 32.1. The number of benzene rings is 3. The van der Waals surface area contributed by atoms with Crippen LogP contribution in [-0.2, 0) is 7.05 Å². The molecule has 8 N–H and O–H groups in total. The molecule has 20 nitrogen and oxygen atoms in total. The number of H-pyrrole nitrogens is 2. The number of aromatic amines is 2. The highest BCUT2D eigenvalue weighted by molar-refractivity contribution is 7.30. The molecule has 9 aromatic heterocycles. The van der Waals surface area contributed by atoms with Crippen LogP contribution in [0.25, 0.3) is 93.9 Å². The van der Waals surface area contributed by atoms with E-state index in [0.29, 0.717) is 35.6 Å². The quantitative estimate of drug-likeness (QED) is 0.0632. The number of piperidine rings is 3. The molecule has 0 amide bonds. The molecule has 3 aromatic carbocycles. The normalized spacial score (nSPS) is 18.3. The van der Waals surface area contributed by atoms with Crippen molar-refractivity contribution in [2.45, 2.75) is 81.5 Å². The lowest BCUT2D eigenvalue weighted by atomic mass is 9.99. The number of aromatic hydroxyl groups is 2. The van der Waals surface area contributed by atoms with Crippen molar-refractivity contribution in [3.8, 4) is 71.5 Å². The van der Waals surface area contributed by atoms with Crippen molar-refractivity contribution in [2.24, 2.45) is 7.05 Å². The smallest absolute Gasteiger partial charge is 0.188 e. The summed E-state index contributed by atoms with van der Waals surface area (Å²) < 4.78 is 1.74. The second kappa shape index (κ2) is 23.0. The molecule has 2 unspecified atom stereocenters. The third-order valence-electron chi connectivity index (χ3n) is 15.8. The van der Waals surface area contributed by atoms with Gasteiger partial charge in [-0.1, -0.05) is 80.2 Å². The zero-order chi connectivity index (χ0) is 56.1. The van der Waals surface area contributed by atoms with Gasteiger partial charge in [0.2, 0.25) is 0 Å². The van der Waals surface area contributed by atoms with Gasteiger partial charge in [-0.3, -0.25) is 14.9 Å². The Morgan fingerprint density at radius 1 is 0.627 bits per heavy atom. The second-order valence-corrected chi connectivity index (χ2v) is 27.2. The Hall–Kier alpha value is -7.32. The standard InChI is InChI=1S/C20H20N6OS2.C19H20N6OS2.C18H16N6S2/c27-16-5-10(11-8-21-22-9-11)1-4-15(16)17-25-18-19(28-17)26-20(29-18)24-14-6-12-2-3-13(7-14)23-12;1-25(13-4-6-20-7-5-13)19-24-18-17(28-19)23-16(27-18)14-3-2-11(8-15(14)26)12-9-21-22-10-12;1-24-9-13-7-11(6-12(8-19)14(13)23-24)16-22-18-17(26-16)21-15(25-18)10-2-4-20-5-3-10/h1,4-5,8-9,12-14,23,27H,2-3,6-7H2,(H,21,22)(H,24,26);2-3,8-10,13,20,26H,4-7H2,1H3,(H,21,22);6-7,9-10,20H,2-5H2,1H3. The zero-order valence-corrected chi connectivity index (χ0v) is 50.0. The Morgan fingerprint density at radius 2 is 1.20 bits per heavy atom. The average molecular weight is 1220 g/mol. The summed E-state index contributed by atoms with van der Waals surface area (Å²) in [6, 6.07) is 19.8. The van der Waals surface area contributed by atoms with Crippen LogP contribution in [0.5, 0.6) is 11.5 Å². The van der Waals surface area contributed by atoms with Gasteiger partial charge in [0.15, 0.2) is 39.2 Å². The van der Waals surface area contributed by atoms with Gasteiger partial charge >= 0.3 is 0 Å². The molecule has 13 heterocycles. The SMILES string of the molecule is CN(c1nc2sc(-c3ccc(-c4cn[nH]c4)cc3O)nc2s1)C1CCNCC1.Cn1cc2cc(-c3nc4sc(C5CCNCC5)nc4s3)cc(C#N)c2n1.Oc1cc(-c2cn[nH]c2)ccc1-c1nc2sc(NC3CC4CCC(C3)N4)nc2s1.